The van der Waals surface area contributed by atoms with Crippen LogP contribution in [0.15, 0.2) is 54.6 Å². The highest BCUT2D eigenvalue weighted by Crippen LogP contribution is 2.35. The second-order valence-corrected chi connectivity index (χ2v) is 6.50. The number of hydrogen-bond acceptors (Lipinski definition) is 3. The summed E-state index contributed by atoms with van der Waals surface area (Å²) in [6.45, 7) is 1.72. The number of nitriles is 1. The quantitative estimate of drug-likeness (QED) is 0.772. The Labute approximate surface area is 152 Å². The summed E-state index contributed by atoms with van der Waals surface area (Å²) in [5, 5.41) is 14.2. The van der Waals surface area contributed by atoms with Crippen LogP contribution in [0.4, 0.5) is 5.69 Å². The standard InChI is InChI=1S/C22H18N2O2/c1-14(26-18-10-5-15(13-23)6-11-18)22(25)24-20-12-9-17-8-7-16-3-2-4-19(20)21(16)17/h2-6,9-12,14H,7-8H2,1H3,(H,24,25). The number of hydrogen-bond donors (Lipinski definition) is 1. The predicted molar refractivity (Wildman–Crippen MR) is 101 cm³/mol. The number of benzene rings is 3. The maximum absolute atomic E-state index is 12.6. The van der Waals surface area contributed by atoms with Crippen molar-refractivity contribution < 1.29 is 9.53 Å². The molecule has 26 heavy (non-hydrogen) atoms. The van der Waals surface area contributed by atoms with E-state index in [0.29, 0.717) is 11.3 Å². The van der Waals surface area contributed by atoms with Gasteiger partial charge in [-0.05, 0) is 66.6 Å². The Hall–Kier alpha value is -3.32. The van der Waals surface area contributed by atoms with E-state index in [9.17, 15) is 4.79 Å². The molecule has 1 atom stereocenters. The van der Waals surface area contributed by atoms with Crippen molar-refractivity contribution in [1.29, 1.82) is 5.26 Å². The van der Waals surface area contributed by atoms with Gasteiger partial charge < -0.3 is 10.1 Å². The third kappa shape index (κ3) is 2.89. The van der Waals surface area contributed by atoms with Gasteiger partial charge in [-0.25, -0.2) is 0 Å². The molecule has 0 saturated carbocycles. The van der Waals surface area contributed by atoms with E-state index >= 15 is 0 Å². The average Bonchev–Trinajstić information content (AvgIpc) is 3.09. The van der Waals surface area contributed by atoms with Crippen LogP contribution < -0.4 is 10.1 Å². The maximum Gasteiger partial charge on any atom is 0.265 e. The van der Waals surface area contributed by atoms with Gasteiger partial charge in [0.25, 0.3) is 5.91 Å². The third-order valence-corrected chi connectivity index (χ3v) is 4.80. The Morgan fingerprint density at radius 1 is 1.08 bits per heavy atom. The molecule has 1 aliphatic carbocycles. The minimum atomic E-state index is -0.647. The lowest BCUT2D eigenvalue weighted by Gasteiger charge is -2.16. The van der Waals surface area contributed by atoms with Crippen LogP contribution >= 0.6 is 0 Å². The fourth-order valence-electron chi connectivity index (χ4n) is 3.46. The summed E-state index contributed by atoms with van der Waals surface area (Å²) < 4.78 is 5.70. The van der Waals surface area contributed by atoms with Crippen LogP contribution in [0.1, 0.15) is 23.6 Å². The molecule has 1 amide bonds. The predicted octanol–water partition coefficient (Wildman–Crippen LogP) is 4.22. The van der Waals surface area contributed by atoms with Crippen molar-refractivity contribution >= 4 is 22.4 Å². The van der Waals surface area contributed by atoms with Crippen molar-refractivity contribution in [2.45, 2.75) is 25.9 Å². The van der Waals surface area contributed by atoms with E-state index < -0.39 is 6.10 Å². The van der Waals surface area contributed by atoms with Crippen molar-refractivity contribution in [3.05, 3.63) is 71.3 Å². The summed E-state index contributed by atoms with van der Waals surface area (Å²) in [5.41, 5.74) is 4.06. The van der Waals surface area contributed by atoms with Crippen molar-refractivity contribution in [3.8, 4) is 11.8 Å². The van der Waals surface area contributed by atoms with Gasteiger partial charge in [-0.1, -0.05) is 24.3 Å². The van der Waals surface area contributed by atoms with Gasteiger partial charge in [0.05, 0.1) is 11.6 Å². The molecule has 0 saturated heterocycles. The Balaban J connectivity index is 1.53. The monoisotopic (exact) mass is 342 g/mol. The molecule has 0 aromatic heterocycles. The van der Waals surface area contributed by atoms with Gasteiger partial charge >= 0.3 is 0 Å². The van der Waals surface area contributed by atoms with Gasteiger partial charge in [-0.3, -0.25) is 4.79 Å². The molecule has 0 fully saturated rings. The van der Waals surface area contributed by atoms with Gasteiger partial charge in [0.2, 0.25) is 0 Å². The largest absolute Gasteiger partial charge is 0.481 e. The molecule has 0 radical (unpaired) electrons. The number of anilines is 1. The van der Waals surface area contributed by atoms with Gasteiger partial charge in [-0.15, -0.1) is 0 Å². The molecule has 0 aliphatic heterocycles. The van der Waals surface area contributed by atoms with Crippen molar-refractivity contribution in [2.75, 3.05) is 5.32 Å². The first-order valence-electron chi connectivity index (χ1n) is 8.67. The van der Waals surface area contributed by atoms with Crippen LogP contribution in [0, 0.1) is 11.3 Å². The maximum atomic E-state index is 12.6. The summed E-state index contributed by atoms with van der Waals surface area (Å²) in [7, 11) is 0. The first kappa shape index (κ1) is 16.2. The lowest BCUT2D eigenvalue weighted by atomic mass is 10.0. The summed E-state index contributed by atoms with van der Waals surface area (Å²) >= 11 is 0. The molecule has 4 heteroatoms. The Bertz CT molecular complexity index is 1020. The van der Waals surface area contributed by atoms with Crippen molar-refractivity contribution in [2.24, 2.45) is 0 Å². The van der Waals surface area contributed by atoms with Crippen molar-refractivity contribution in [1.82, 2.24) is 0 Å². The van der Waals surface area contributed by atoms with E-state index in [2.05, 4.69) is 29.6 Å². The number of carbonyl (C=O) groups is 1. The molecule has 0 heterocycles. The summed E-state index contributed by atoms with van der Waals surface area (Å²) in [4.78, 5) is 12.6. The fraction of sp³-hybridized carbons (Fsp3) is 0.182. The minimum absolute atomic E-state index is 0.201. The highest BCUT2D eigenvalue weighted by Gasteiger charge is 2.19. The molecule has 3 aromatic rings. The number of aryl methyl sites for hydroxylation is 2. The molecule has 4 nitrogen and oxygen atoms in total. The van der Waals surface area contributed by atoms with Crippen LogP contribution in [0.5, 0.6) is 5.75 Å². The van der Waals surface area contributed by atoms with Crippen LogP contribution in [0.2, 0.25) is 0 Å². The topological polar surface area (TPSA) is 62.1 Å². The third-order valence-electron chi connectivity index (χ3n) is 4.80. The van der Waals surface area contributed by atoms with Gasteiger partial charge in [0.1, 0.15) is 5.75 Å². The van der Waals surface area contributed by atoms with Gasteiger partial charge in [0.15, 0.2) is 6.10 Å². The summed E-state index contributed by atoms with van der Waals surface area (Å²) in [6.07, 6.45) is 1.47. The number of ether oxygens (including phenoxy) is 1. The van der Waals surface area contributed by atoms with Crippen LogP contribution in [0.25, 0.3) is 10.8 Å². The van der Waals surface area contributed by atoms with E-state index in [-0.39, 0.29) is 5.91 Å². The van der Waals surface area contributed by atoms with Crippen molar-refractivity contribution in [3.63, 3.8) is 0 Å². The molecule has 0 bridgehead atoms. The molecule has 4 rings (SSSR count). The lowest BCUT2D eigenvalue weighted by molar-refractivity contribution is -0.122. The number of amides is 1. The summed E-state index contributed by atoms with van der Waals surface area (Å²) in [6, 6.07) is 19.1. The smallest absolute Gasteiger partial charge is 0.265 e. The second-order valence-electron chi connectivity index (χ2n) is 6.50. The average molecular weight is 342 g/mol. The zero-order valence-corrected chi connectivity index (χ0v) is 14.5. The number of carbonyl (C=O) groups excluding carboxylic acids is 1. The zero-order valence-electron chi connectivity index (χ0n) is 14.5. The van der Waals surface area contributed by atoms with E-state index in [1.807, 2.05) is 12.1 Å². The fourth-order valence-corrected chi connectivity index (χ4v) is 3.46. The normalized spacial score (nSPS) is 13.2. The number of rotatable bonds is 4. The zero-order chi connectivity index (χ0) is 18.1. The van der Waals surface area contributed by atoms with E-state index in [1.54, 1.807) is 31.2 Å². The second kappa shape index (κ2) is 6.53. The number of nitrogens with zero attached hydrogens (tertiary/aromatic N) is 1. The van der Waals surface area contributed by atoms with Gasteiger partial charge in [0, 0.05) is 11.1 Å². The van der Waals surface area contributed by atoms with Gasteiger partial charge in [-0.2, -0.15) is 5.26 Å². The molecule has 1 N–H and O–H groups in total. The SMILES string of the molecule is CC(Oc1ccc(C#N)cc1)C(=O)Nc1ccc2c3c(cccc13)CC2. The first-order chi connectivity index (χ1) is 12.7. The van der Waals surface area contributed by atoms with E-state index in [4.69, 9.17) is 10.00 Å². The van der Waals surface area contributed by atoms with E-state index in [1.165, 1.54) is 16.5 Å². The minimum Gasteiger partial charge on any atom is -0.481 e. The molecular formula is C22H18N2O2. The Morgan fingerprint density at radius 2 is 1.81 bits per heavy atom. The Morgan fingerprint density at radius 3 is 2.54 bits per heavy atom. The highest BCUT2D eigenvalue weighted by atomic mass is 16.5. The molecule has 128 valence electrons. The molecular weight excluding hydrogens is 324 g/mol. The van der Waals surface area contributed by atoms with E-state index in [0.717, 1.165) is 23.9 Å². The molecule has 1 aliphatic rings. The molecule has 0 spiro atoms. The first-order valence-corrected chi connectivity index (χ1v) is 8.67. The molecule has 1 unspecified atom stereocenters. The highest BCUT2D eigenvalue weighted by molar-refractivity contribution is 6.06. The molecule has 3 aromatic carbocycles. The van der Waals surface area contributed by atoms with Crippen LogP contribution in [0.3, 0.4) is 0 Å². The van der Waals surface area contributed by atoms with Crippen LogP contribution in [-0.4, -0.2) is 12.0 Å². The lowest BCUT2D eigenvalue weighted by Crippen LogP contribution is -2.30. The van der Waals surface area contributed by atoms with Crippen LogP contribution in [-0.2, 0) is 17.6 Å². The summed E-state index contributed by atoms with van der Waals surface area (Å²) in [5.74, 6) is 0.361. The Kier molecular flexibility index (Phi) is 4.06. The number of nitrogens with one attached hydrogen (secondary N) is 1.